The van der Waals surface area contributed by atoms with Crippen LogP contribution >= 0.6 is 0 Å². The molecule has 0 amide bonds. The van der Waals surface area contributed by atoms with Crippen molar-refractivity contribution in [1.29, 1.82) is 0 Å². The molecule has 0 spiro atoms. The first-order chi connectivity index (χ1) is 13.7. The SMILES string of the molecule is COC(=O)c1cc2c(cc1C(=O)OC)[C@H]1C[C@@H]2c2c[nH]c(C(=O)OC(C)(C)C)c21. The second-order valence-electron chi connectivity index (χ2n) is 8.39. The van der Waals surface area contributed by atoms with Crippen molar-refractivity contribution in [3.05, 3.63) is 57.4 Å². The normalized spacial score (nSPS) is 18.8. The van der Waals surface area contributed by atoms with Crippen LogP contribution in [-0.2, 0) is 14.2 Å². The number of nitrogens with one attached hydrogen (secondary N) is 1. The number of esters is 3. The Kier molecular flexibility index (Phi) is 4.29. The van der Waals surface area contributed by atoms with Crippen LogP contribution in [0.15, 0.2) is 18.3 Å². The molecule has 7 heteroatoms. The van der Waals surface area contributed by atoms with Crippen LogP contribution in [0.3, 0.4) is 0 Å². The van der Waals surface area contributed by atoms with Crippen LogP contribution in [0.1, 0.15) is 92.5 Å². The first-order valence-corrected chi connectivity index (χ1v) is 9.45. The second-order valence-corrected chi connectivity index (χ2v) is 8.39. The number of benzene rings is 1. The molecule has 2 atom stereocenters. The van der Waals surface area contributed by atoms with Crippen LogP contribution in [0.5, 0.6) is 0 Å². The minimum atomic E-state index is -0.599. The van der Waals surface area contributed by atoms with Crippen LogP contribution in [-0.4, -0.2) is 42.7 Å². The van der Waals surface area contributed by atoms with E-state index in [9.17, 15) is 14.4 Å². The maximum absolute atomic E-state index is 12.7. The number of carbonyl (C=O) groups excluding carboxylic acids is 3. The molecule has 2 bridgehead atoms. The minimum absolute atomic E-state index is 0.0473. The first kappa shape index (κ1) is 19.2. The highest BCUT2D eigenvalue weighted by atomic mass is 16.6. The van der Waals surface area contributed by atoms with Gasteiger partial charge in [0.15, 0.2) is 0 Å². The van der Waals surface area contributed by atoms with Gasteiger partial charge in [0.05, 0.1) is 25.3 Å². The van der Waals surface area contributed by atoms with E-state index in [1.165, 1.54) is 14.2 Å². The summed E-state index contributed by atoms with van der Waals surface area (Å²) in [6.07, 6.45) is 2.63. The second kappa shape index (κ2) is 6.47. The van der Waals surface area contributed by atoms with E-state index >= 15 is 0 Å². The number of aromatic nitrogens is 1. The lowest BCUT2D eigenvalue weighted by atomic mass is 9.84. The number of aromatic amines is 1. The minimum Gasteiger partial charge on any atom is -0.465 e. The Morgan fingerprint density at radius 1 is 0.897 bits per heavy atom. The van der Waals surface area contributed by atoms with Crippen molar-refractivity contribution in [1.82, 2.24) is 4.98 Å². The summed E-state index contributed by atoms with van der Waals surface area (Å²) in [7, 11) is 2.55. The molecule has 0 unspecified atom stereocenters. The highest BCUT2D eigenvalue weighted by Gasteiger charge is 2.46. The molecule has 1 aromatic heterocycles. The number of ether oxygens (including phenoxy) is 3. The largest absolute Gasteiger partial charge is 0.465 e. The number of rotatable bonds is 3. The van der Waals surface area contributed by atoms with Gasteiger partial charge in [-0.3, -0.25) is 0 Å². The third kappa shape index (κ3) is 2.92. The number of H-pyrrole nitrogens is 1. The molecule has 0 radical (unpaired) electrons. The molecule has 1 heterocycles. The summed E-state index contributed by atoms with van der Waals surface area (Å²) >= 11 is 0. The molecule has 2 aromatic rings. The highest BCUT2D eigenvalue weighted by molar-refractivity contribution is 6.04. The lowest BCUT2D eigenvalue weighted by molar-refractivity contribution is 0.00618. The highest BCUT2D eigenvalue weighted by Crippen LogP contribution is 2.58. The molecular formula is C22H23NO6. The van der Waals surface area contributed by atoms with Crippen LogP contribution in [0, 0.1) is 0 Å². The lowest BCUT2D eigenvalue weighted by Gasteiger charge is -2.22. The summed E-state index contributed by atoms with van der Waals surface area (Å²) in [6, 6.07) is 3.42. The molecule has 2 aliphatic rings. The Bertz CT molecular complexity index is 1040. The van der Waals surface area contributed by atoms with E-state index in [0.717, 1.165) is 28.7 Å². The van der Waals surface area contributed by atoms with E-state index in [-0.39, 0.29) is 23.0 Å². The van der Waals surface area contributed by atoms with Crippen LogP contribution in [0.25, 0.3) is 0 Å². The molecular weight excluding hydrogens is 374 g/mol. The van der Waals surface area contributed by atoms with Crippen molar-refractivity contribution in [2.75, 3.05) is 14.2 Å². The van der Waals surface area contributed by atoms with Crippen molar-refractivity contribution < 1.29 is 28.6 Å². The molecule has 7 nitrogen and oxygen atoms in total. The van der Waals surface area contributed by atoms with Crippen LogP contribution < -0.4 is 0 Å². The molecule has 0 saturated heterocycles. The van der Waals surface area contributed by atoms with Gasteiger partial charge in [-0.15, -0.1) is 0 Å². The van der Waals surface area contributed by atoms with Gasteiger partial charge in [-0.05, 0) is 61.6 Å². The predicted octanol–water partition coefficient (Wildman–Crippen LogP) is 3.52. The fourth-order valence-electron chi connectivity index (χ4n) is 4.46. The molecule has 29 heavy (non-hydrogen) atoms. The Hall–Kier alpha value is -3.09. The number of hydrogen-bond donors (Lipinski definition) is 1. The summed E-state index contributed by atoms with van der Waals surface area (Å²) in [5.74, 6) is -1.58. The van der Waals surface area contributed by atoms with Gasteiger partial charge in [0.25, 0.3) is 0 Å². The monoisotopic (exact) mass is 397 g/mol. The van der Waals surface area contributed by atoms with E-state index < -0.39 is 23.5 Å². The van der Waals surface area contributed by atoms with E-state index in [0.29, 0.717) is 5.69 Å². The maximum atomic E-state index is 12.7. The first-order valence-electron chi connectivity index (χ1n) is 9.45. The lowest BCUT2D eigenvalue weighted by Crippen LogP contribution is -2.25. The van der Waals surface area contributed by atoms with Crippen LogP contribution in [0.4, 0.5) is 0 Å². The number of methoxy groups -OCH3 is 2. The maximum Gasteiger partial charge on any atom is 0.355 e. The Morgan fingerprint density at radius 2 is 1.45 bits per heavy atom. The molecule has 0 fully saturated rings. The van der Waals surface area contributed by atoms with Crippen molar-refractivity contribution in [3.8, 4) is 0 Å². The van der Waals surface area contributed by atoms with Gasteiger partial charge >= 0.3 is 17.9 Å². The third-order valence-corrected chi connectivity index (χ3v) is 5.54. The summed E-state index contributed by atoms with van der Waals surface area (Å²) in [5.41, 5.74) is 4.06. The van der Waals surface area contributed by atoms with Gasteiger partial charge in [-0.2, -0.15) is 0 Å². The van der Waals surface area contributed by atoms with Gasteiger partial charge < -0.3 is 19.2 Å². The summed E-state index contributed by atoms with van der Waals surface area (Å²) < 4.78 is 15.2. The van der Waals surface area contributed by atoms with E-state index in [4.69, 9.17) is 14.2 Å². The third-order valence-electron chi connectivity index (χ3n) is 5.54. The molecule has 4 rings (SSSR count). The van der Waals surface area contributed by atoms with Crippen molar-refractivity contribution in [2.45, 2.75) is 44.6 Å². The topological polar surface area (TPSA) is 94.7 Å². The molecule has 0 aliphatic heterocycles. The summed E-state index contributed by atoms with van der Waals surface area (Å²) in [5, 5.41) is 0. The average Bonchev–Trinajstić information content (AvgIpc) is 3.34. The Morgan fingerprint density at radius 3 is 1.97 bits per heavy atom. The Balaban J connectivity index is 1.80. The van der Waals surface area contributed by atoms with Crippen molar-refractivity contribution >= 4 is 17.9 Å². The van der Waals surface area contributed by atoms with Gasteiger partial charge in [0, 0.05) is 18.0 Å². The zero-order valence-electron chi connectivity index (χ0n) is 17.0. The standard InChI is InChI=1S/C22H23NO6/c1-22(2,3)29-21(26)18-17-13-6-12(16(17)9-23-18)10-7-14(19(24)27-4)15(8-11(10)13)20(25)28-5/h7-9,12-13,23H,6H2,1-5H3/t12-,13+/m0/s1. The fourth-order valence-corrected chi connectivity index (χ4v) is 4.46. The number of carbonyl (C=O) groups is 3. The molecule has 2 aliphatic carbocycles. The summed E-state index contributed by atoms with van der Waals surface area (Å²) in [4.78, 5) is 40.3. The summed E-state index contributed by atoms with van der Waals surface area (Å²) in [6.45, 7) is 5.48. The van der Waals surface area contributed by atoms with E-state index in [1.54, 1.807) is 12.1 Å². The van der Waals surface area contributed by atoms with E-state index in [2.05, 4.69) is 4.98 Å². The molecule has 1 aromatic carbocycles. The number of hydrogen-bond acceptors (Lipinski definition) is 6. The van der Waals surface area contributed by atoms with Gasteiger partial charge in [0.2, 0.25) is 0 Å². The zero-order chi connectivity index (χ0) is 21.1. The van der Waals surface area contributed by atoms with Crippen LogP contribution in [0.2, 0.25) is 0 Å². The smallest absolute Gasteiger partial charge is 0.355 e. The van der Waals surface area contributed by atoms with Crippen molar-refractivity contribution in [3.63, 3.8) is 0 Å². The van der Waals surface area contributed by atoms with Crippen molar-refractivity contribution in [2.24, 2.45) is 0 Å². The quantitative estimate of drug-likeness (QED) is 0.629. The predicted molar refractivity (Wildman–Crippen MR) is 103 cm³/mol. The Labute approximate surface area is 168 Å². The van der Waals surface area contributed by atoms with Gasteiger partial charge in [0.1, 0.15) is 11.3 Å². The van der Waals surface area contributed by atoms with E-state index in [1.807, 2.05) is 27.0 Å². The number of fused-ring (bicyclic) bond motifs is 8. The van der Waals surface area contributed by atoms with Gasteiger partial charge in [-0.25, -0.2) is 14.4 Å². The van der Waals surface area contributed by atoms with Gasteiger partial charge in [-0.1, -0.05) is 0 Å². The average molecular weight is 397 g/mol. The molecule has 1 N–H and O–H groups in total. The molecule has 0 saturated carbocycles. The fraction of sp³-hybridized carbons (Fsp3) is 0.409. The molecule has 152 valence electrons. The zero-order valence-corrected chi connectivity index (χ0v) is 17.0.